The lowest BCUT2D eigenvalue weighted by atomic mass is 10.1. The molecule has 46 heavy (non-hydrogen) atoms. The molecule has 0 unspecified atom stereocenters. The fraction of sp³-hybridized carbons (Fsp3) is 0.406. The molecule has 244 valence electrons. The smallest absolute Gasteiger partial charge is 0.416 e. The third-order valence-corrected chi connectivity index (χ3v) is 8.31. The van der Waals surface area contributed by atoms with Gasteiger partial charge in [-0.25, -0.2) is 4.98 Å². The Kier molecular flexibility index (Phi) is 9.02. The summed E-state index contributed by atoms with van der Waals surface area (Å²) in [5.74, 6) is 0.971. The minimum Gasteiger partial charge on any atom is -0.494 e. The zero-order valence-corrected chi connectivity index (χ0v) is 25.9. The minimum atomic E-state index is -4.62. The molecule has 4 aromatic rings. The van der Waals surface area contributed by atoms with E-state index in [9.17, 15) is 18.0 Å². The van der Waals surface area contributed by atoms with Gasteiger partial charge in [-0.2, -0.15) is 18.2 Å². The number of carbonyl (C=O) groups excluding carboxylic acids is 1. The van der Waals surface area contributed by atoms with Crippen LogP contribution in [-0.4, -0.2) is 96.9 Å². The van der Waals surface area contributed by atoms with Gasteiger partial charge < -0.3 is 33.9 Å². The summed E-state index contributed by atoms with van der Waals surface area (Å²) < 4.78 is 60.7. The van der Waals surface area contributed by atoms with E-state index >= 15 is 0 Å². The van der Waals surface area contributed by atoms with Gasteiger partial charge in [0.2, 0.25) is 11.8 Å². The number of fused-ring (bicyclic) bond motifs is 1. The fourth-order valence-electron chi connectivity index (χ4n) is 5.83. The molecule has 0 bridgehead atoms. The maximum absolute atomic E-state index is 14.0. The molecule has 0 spiro atoms. The van der Waals surface area contributed by atoms with Gasteiger partial charge in [0.05, 0.1) is 37.1 Å². The number of carbonyl (C=O) groups is 1. The number of hydrogen-bond acceptors (Lipinski definition) is 9. The highest BCUT2D eigenvalue weighted by atomic mass is 19.4. The Morgan fingerprint density at radius 1 is 1.02 bits per heavy atom. The van der Waals surface area contributed by atoms with Crippen molar-refractivity contribution in [2.24, 2.45) is 7.05 Å². The third-order valence-electron chi connectivity index (χ3n) is 8.31. The molecule has 1 N–H and O–H groups in total. The van der Waals surface area contributed by atoms with E-state index in [0.29, 0.717) is 60.3 Å². The molecule has 0 saturated carbocycles. The number of likely N-dealkylation sites (N-methyl/N-ethyl adjacent to an activating group) is 1. The molecule has 0 aliphatic carbocycles. The van der Waals surface area contributed by atoms with Crippen LogP contribution in [0.2, 0.25) is 0 Å². The third kappa shape index (κ3) is 6.73. The van der Waals surface area contributed by atoms with Gasteiger partial charge in [-0.05, 0) is 31.3 Å². The summed E-state index contributed by atoms with van der Waals surface area (Å²) in [4.78, 5) is 29.1. The van der Waals surface area contributed by atoms with E-state index in [1.165, 1.54) is 7.11 Å². The highest BCUT2D eigenvalue weighted by Crippen LogP contribution is 2.39. The van der Waals surface area contributed by atoms with Gasteiger partial charge in [-0.3, -0.25) is 9.69 Å². The van der Waals surface area contributed by atoms with Crippen LogP contribution in [0.25, 0.3) is 10.9 Å². The first kappa shape index (κ1) is 31.6. The number of halogens is 3. The number of aromatic nitrogens is 3. The van der Waals surface area contributed by atoms with Crippen molar-refractivity contribution in [2.75, 3.05) is 76.9 Å². The van der Waals surface area contributed by atoms with Crippen LogP contribution >= 0.6 is 0 Å². The molecule has 2 aromatic carbocycles. The SMILES string of the molecule is COc1c(CN2CCOCC2)cc(C(F)(F)F)cc1NC(=O)c1cc2cccc(Oc3ccnc(N4CCN(C)CC4)n3)c2n1C. The zero-order valence-electron chi connectivity index (χ0n) is 25.9. The summed E-state index contributed by atoms with van der Waals surface area (Å²) in [5, 5.41) is 3.40. The number of nitrogens with one attached hydrogen (secondary N) is 1. The van der Waals surface area contributed by atoms with Crippen LogP contribution in [-0.2, 0) is 24.5 Å². The average molecular weight is 640 g/mol. The Bertz CT molecular complexity index is 1710. The van der Waals surface area contributed by atoms with Crippen molar-refractivity contribution < 1.29 is 32.2 Å². The van der Waals surface area contributed by atoms with Gasteiger partial charge in [0.15, 0.2) is 5.75 Å². The number of aryl methyl sites for hydroxylation is 1. The molecule has 11 nitrogen and oxygen atoms in total. The number of anilines is 2. The maximum atomic E-state index is 14.0. The van der Waals surface area contributed by atoms with E-state index < -0.39 is 17.6 Å². The first-order chi connectivity index (χ1) is 22.1. The Morgan fingerprint density at radius 3 is 2.50 bits per heavy atom. The summed E-state index contributed by atoms with van der Waals surface area (Å²) in [6.07, 6.45) is -2.97. The van der Waals surface area contributed by atoms with Crippen LogP contribution in [0.3, 0.4) is 0 Å². The largest absolute Gasteiger partial charge is 0.494 e. The van der Waals surface area contributed by atoms with Gasteiger partial charge >= 0.3 is 6.18 Å². The van der Waals surface area contributed by atoms with Crippen molar-refractivity contribution in [2.45, 2.75) is 12.7 Å². The second-order valence-corrected chi connectivity index (χ2v) is 11.4. The Labute approximate surface area is 264 Å². The fourth-order valence-corrected chi connectivity index (χ4v) is 5.83. The lowest BCUT2D eigenvalue weighted by Gasteiger charge is -2.32. The van der Waals surface area contributed by atoms with E-state index in [-0.39, 0.29) is 23.7 Å². The van der Waals surface area contributed by atoms with E-state index in [1.54, 1.807) is 42.1 Å². The van der Waals surface area contributed by atoms with E-state index in [2.05, 4.69) is 32.1 Å². The number of alkyl halides is 3. The molecule has 6 rings (SSSR count). The van der Waals surface area contributed by atoms with Crippen LogP contribution < -0.4 is 19.7 Å². The van der Waals surface area contributed by atoms with Gasteiger partial charge in [-0.1, -0.05) is 12.1 Å². The van der Waals surface area contributed by atoms with Crippen LogP contribution in [0.5, 0.6) is 17.4 Å². The van der Waals surface area contributed by atoms with Crippen LogP contribution in [0.15, 0.2) is 48.7 Å². The van der Waals surface area contributed by atoms with Crippen molar-refractivity contribution >= 4 is 28.4 Å². The molecule has 2 aliphatic rings. The van der Waals surface area contributed by atoms with Crippen molar-refractivity contribution in [3.05, 3.63) is 65.5 Å². The summed E-state index contributed by atoms with van der Waals surface area (Å²) in [6, 6.07) is 10.7. The molecule has 14 heteroatoms. The number of amides is 1. The monoisotopic (exact) mass is 639 g/mol. The van der Waals surface area contributed by atoms with Crippen molar-refractivity contribution in [3.8, 4) is 17.4 Å². The second-order valence-electron chi connectivity index (χ2n) is 11.4. The number of methoxy groups -OCH3 is 1. The van der Waals surface area contributed by atoms with E-state index in [0.717, 1.165) is 38.3 Å². The summed E-state index contributed by atoms with van der Waals surface area (Å²) in [7, 11) is 5.16. The number of benzene rings is 2. The first-order valence-corrected chi connectivity index (χ1v) is 15.0. The average Bonchev–Trinajstić information content (AvgIpc) is 3.38. The lowest BCUT2D eigenvalue weighted by Crippen LogP contribution is -2.45. The number of para-hydroxylation sites is 1. The van der Waals surface area contributed by atoms with Gasteiger partial charge in [0.1, 0.15) is 11.4 Å². The Morgan fingerprint density at radius 2 is 1.78 bits per heavy atom. The molecular weight excluding hydrogens is 603 g/mol. The Balaban J connectivity index is 1.28. The van der Waals surface area contributed by atoms with Gasteiger partial charge in [0, 0.05) is 76.1 Å². The van der Waals surface area contributed by atoms with Crippen LogP contribution in [0.4, 0.5) is 24.8 Å². The predicted molar refractivity (Wildman–Crippen MR) is 167 cm³/mol. The van der Waals surface area contributed by atoms with Crippen molar-refractivity contribution in [1.29, 1.82) is 0 Å². The molecule has 1 amide bonds. The molecule has 2 aliphatic heterocycles. The van der Waals surface area contributed by atoms with Crippen LogP contribution in [0.1, 0.15) is 21.6 Å². The standard InChI is InChI=1S/C32H36F3N7O4/c1-39-9-11-42(12-10-39)31-36-8-7-27(38-31)46-26-6-4-5-21-18-25(40(2)28(21)26)30(43)37-24-19-23(32(33,34)35)17-22(29(24)44-3)20-41-13-15-45-16-14-41/h4-8,17-19H,9-16,20H2,1-3H3,(H,37,43). The first-order valence-electron chi connectivity index (χ1n) is 15.0. The molecule has 2 aromatic heterocycles. The zero-order chi connectivity index (χ0) is 32.4. The second kappa shape index (κ2) is 13.1. The summed E-state index contributed by atoms with van der Waals surface area (Å²) >= 11 is 0. The number of ether oxygens (including phenoxy) is 3. The van der Waals surface area contributed by atoms with Crippen LogP contribution in [0, 0.1) is 0 Å². The number of piperazine rings is 1. The molecule has 2 saturated heterocycles. The summed E-state index contributed by atoms with van der Waals surface area (Å²) in [5.41, 5.74) is 0.227. The number of hydrogen-bond donors (Lipinski definition) is 1. The van der Waals surface area contributed by atoms with E-state index in [1.807, 2.05) is 11.0 Å². The lowest BCUT2D eigenvalue weighted by molar-refractivity contribution is -0.137. The van der Waals surface area contributed by atoms with E-state index in [4.69, 9.17) is 14.2 Å². The summed E-state index contributed by atoms with van der Waals surface area (Å²) in [6.45, 7) is 5.77. The Hall–Kier alpha value is -4.40. The number of morpholine rings is 1. The normalized spacial score (nSPS) is 16.5. The van der Waals surface area contributed by atoms with Gasteiger partial charge in [-0.15, -0.1) is 0 Å². The number of rotatable bonds is 8. The quantitative estimate of drug-likeness (QED) is 0.296. The molecular formula is C32H36F3N7O4. The highest BCUT2D eigenvalue weighted by Gasteiger charge is 2.33. The molecule has 0 radical (unpaired) electrons. The van der Waals surface area contributed by atoms with Crippen molar-refractivity contribution in [1.82, 2.24) is 24.3 Å². The molecule has 4 heterocycles. The van der Waals surface area contributed by atoms with Gasteiger partial charge in [0.25, 0.3) is 5.91 Å². The van der Waals surface area contributed by atoms with Crippen molar-refractivity contribution in [3.63, 3.8) is 0 Å². The maximum Gasteiger partial charge on any atom is 0.416 e. The number of nitrogens with zero attached hydrogens (tertiary/aromatic N) is 6. The molecule has 0 atom stereocenters. The minimum absolute atomic E-state index is 0.0651. The predicted octanol–water partition coefficient (Wildman–Crippen LogP) is 4.62. The highest BCUT2D eigenvalue weighted by molar-refractivity contribution is 6.07. The molecule has 2 fully saturated rings. The topological polar surface area (TPSA) is 97.2 Å².